The Bertz CT molecular complexity index is 581. The van der Waals surface area contributed by atoms with E-state index in [1.54, 1.807) is 12.1 Å². The first-order valence-corrected chi connectivity index (χ1v) is 7.04. The minimum Gasteiger partial charge on any atom is -0.321 e. The van der Waals surface area contributed by atoms with Gasteiger partial charge in [0, 0.05) is 15.0 Å². The molecule has 2 aromatic carbocycles. The lowest BCUT2D eigenvalue weighted by Crippen LogP contribution is -2.35. The average Bonchev–Trinajstić information content (AvgIpc) is 2.33. The fraction of sp³-hybridized carbons (Fsp3) is 0.200. The fourth-order valence-corrected chi connectivity index (χ4v) is 2.73. The standard InChI is InChI=1S/C15H14BrClFN/c1-15(19,11-3-6-13(18)7-4-11)9-10-2-5-12(16)8-14(10)17/h2-8H,9,19H2,1H3. The summed E-state index contributed by atoms with van der Waals surface area (Å²) in [6, 6.07) is 12.0. The molecule has 2 aromatic rings. The maximum atomic E-state index is 12.9. The zero-order valence-corrected chi connectivity index (χ0v) is 12.8. The fourth-order valence-electron chi connectivity index (χ4n) is 1.99. The minimum atomic E-state index is -0.592. The van der Waals surface area contributed by atoms with Gasteiger partial charge in [0.2, 0.25) is 0 Å². The molecule has 0 radical (unpaired) electrons. The Morgan fingerprint density at radius 1 is 1.21 bits per heavy atom. The van der Waals surface area contributed by atoms with E-state index in [-0.39, 0.29) is 5.82 Å². The van der Waals surface area contributed by atoms with Gasteiger partial charge < -0.3 is 5.73 Å². The van der Waals surface area contributed by atoms with E-state index in [1.807, 2.05) is 25.1 Å². The third-order valence-corrected chi connectivity index (χ3v) is 3.92. The van der Waals surface area contributed by atoms with E-state index in [0.29, 0.717) is 11.4 Å². The molecular formula is C15H14BrClFN. The molecule has 2 N–H and O–H groups in total. The van der Waals surface area contributed by atoms with E-state index in [1.165, 1.54) is 12.1 Å². The van der Waals surface area contributed by atoms with Crippen molar-refractivity contribution in [2.75, 3.05) is 0 Å². The minimum absolute atomic E-state index is 0.263. The molecule has 0 amide bonds. The monoisotopic (exact) mass is 341 g/mol. The van der Waals surface area contributed by atoms with Gasteiger partial charge in [-0.05, 0) is 48.7 Å². The van der Waals surface area contributed by atoms with Crippen molar-refractivity contribution in [2.45, 2.75) is 18.9 Å². The lowest BCUT2D eigenvalue weighted by Gasteiger charge is -2.26. The van der Waals surface area contributed by atoms with E-state index in [4.69, 9.17) is 17.3 Å². The molecule has 1 atom stereocenters. The van der Waals surface area contributed by atoms with Gasteiger partial charge in [0.05, 0.1) is 0 Å². The van der Waals surface area contributed by atoms with E-state index in [2.05, 4.69) is 15.9 Å². The maximum absolute atomic E-state index is 12.9. The van der Waals surface area contributed by atoms with Crippen molar-refractivity contribution in [3.05, 3.63) is 68.9 Å². The molecule has 0 fully saturated rings. The van der Waals surface area contributed by atoms with Gasteiger partial charge in [-0.1, -0.05) is 45.7 Å². The molecule has 1 nitrogen and oxygen atoms in total. The summed E-state index contributed by atoms with van der Waals surface area (Å²) >= 11 is 9.57. The molecule has 0 aliphatic carbocycles. The van der Waals surface area contributed by atoms with Crippen LogP contribution in [0.25, 0.3) is 0 Å². The molecule has 19 heavy (non-hydrogen) atoms. The zero-order valence-electron chi connectivity index (χ0n) is 10.5. The lowest BCUT2D eigenvalue weighted by atomic mass is 9.86. The van der Waals surface area contributed by atoms with Crippen LogP contribution in [0.1, 0.15) is 18.1 Å². The number of hydrogen-bond acceptors (Lipinski definition) is 1. The molecule has 1 unspecified atom stereocenters. The van der Waals surface area contributed by atoms with Crippen LogP contribution in [-0.2, 0) is 12.0 Å². The summed E-state index contributed by atoms with van der Waals surface area (Å²) in [5.41, 5.74) is 7.60. The van der Waals surface area contributed by atoms with Crippen LogP contribution in [0.2, 0.25) is 5.02 Å². The normalized spacial score (nSPS) is 14.2. The van der Waals surface area contributed by atoms with E-state index in [0.717, 1.165) is 15.6 Å². The summed E-state index contributed by atoms with van der Waals surface area (Å²) in [5.74, 6) is -0.263. The Morgan fingerprint density at radius 3 is 2.42 bits per heavy atom. The number of benzene rings is 2. The van der Waals surface area contributed by atoms with Gasteiger partial charge in [-0.25, -0.2) is 4.39 Å². The number of halogens is 3. The third-order valence-electron chi connectivity index (χ3n) is 3.08. The lowest BCUT2D eigenvalue weighted by molar-refractivity contribution is 0.490. The third kappa shape index (κ3) is 3.56. The molecule has 0 aliphatic rings. The topological polar surface area (TPSA) is 26.0 Å². The Hall–Kier alpha value is -0.900. The molecular weight excluding hydrogens is 329 g/mol. The highest BCUT2D eigenvalue weighted by molar-refractivity contribution is 9.10. The number of nitrogens with two attached hydrogens (primary N) is 1. The first-order chi connectivity index (χ1) is 8.88. The Balaban J connectivity index is 2.27. The van der Waals surface area contributed by atoms with Crippen LogP contribution in [-0.4, -0.2) is 0 Å². The Labute approximate surface area is 125 Å². The van der Waals surface area contributed by atoms with E-state index >= 15 is 0 Å². The highest BCUT2D eigenvalue weighted by Crippen LogP contribution is 2.28. The predicted molar refractivity (Wildman–Crippen MR) is 80.8 cm³/mol. The van der Waals surface area contributed by atoms with Crippen LogP contribution in [0.4, 0.5) is 4.39 Å². The molecule has 0 aliphatic heterocycles. The van der Waals surface area contributed by atoms with E-state index in [9.17, 15) is 4.39 Å². The van der Waals surface area contributed by atoms with Gasteiger partial charge in [-0.3, -0.25) is 0 Å². The van der Waals surface area contributed by atoms with Crippen LogP contribution < -0.4 is 5.73 Å². The summed E-state index contributed by atoms with van der Waals surface area (Å²) in [7, 11) is 0. The Morgan fingerprint density at radius 2 is 1.84 bits per heavy atom. The van der Waals surface area contributed by atoms with Gasteiger partial charge in [-0.15, -0.1) is 0 Å². The summed E-state index contributed by atoms with van der Waals surface area (Å²) in [6.45, 7) is 1.92. The molecule has 0 saturated heterocycles. The summed E-state index contributed by atoms with van der Waals surface area (Å²) in [4.78, 5) is 0. The van der Waals surface area contributed by atoms with Crippen molar-refractivity contribution >= 4 is 27.5 Å². The molecule has 4 heteroatoms. The molecule has 0 spiro atoms. The molecule has 0 heterocycles. The quantitative estimate of drug-likeness (QED) is 0.862. The SMILES string of the molecule is CC(N)(Cc1ccc(Br)cc1Cl)c1ccc(F)cc1. The van der Waals surface area contributed by atoms with Crippen LogP contribution in [0.5, 0.6) is 0 Å². The second kappa shape index (κ2) is 5.61. The van der Waals surface area contributed by atoms with Crippen LogP contribution in [0.3, 0.4) is 0 Å². The van der Waals surface area contributed by atoms with Gasteiger partial charge in [0.25, 0.3) is 0 Å². The van der Waals surface area contributed by atoms with Gasteiger partial charge in [0.15, 0.2) is 0 Å². The van der Waals surface area contributed by atoms with Crippen molar-refractivity contribution < 1.29 is 4.39 Å². The largest absolute Gasteiger partial charge is 0.321 e. The number of hydrogen-bond donors (Lipinski definition) is 1. The predicted octanol–water partition coefficient (Wildman–Crippen LogP) is 4.66. The zero-order chi connectivity index (χ0) is 14.0. The number of rotatable bonds is 3. The first-order valence-electron chi connectivity index (χ1n) is 5.87. The molecule has 100 valence electrons. The van der Waals surface area contributed by atoms with Crippen molar-refractivity contribution in [2.24, 2.45) is 5.73 Å². The molecule has 0 saturated carbocycles. The summed E-state index contributed by atoms with van der Waals surface area (Å²) < 4.78 is 13.9. The van der Waals surface area contributed by atoms with E-state index < -0.39 is 5.54 Å². The summed E-state index contributed by atoms with van der Waals surface area (Å²) in [5, 5.41) is 0.674. The molecule has 2 rings (SSSR count). The van der Waals surface area contributed by atoms with Crippen molar-refractivity contribution in [1.29, 1.82) is 0 Å². The second-order valence-electron chi connectivity index (χ2n) is 4.84. The van der Waals surface area contributed by atoms with Gasteiger partial charge >= 0.3 is 0 Å². The second-order valence-corrected chi connectivity index (χ2v) is 6.16. The summed E-state index contributed by atoms with van der Waals surface area (Å²) in [6.07, 6.45) is 0.588. The average molecular weight is 343 g/mol. The molecule has 0 aromatic heterocycles. The smallest absolute Gasteiger partial charge is 0.123 e. The molecule has 0 bridgehead atoms. The van der Waals surface area contributed by atoms with Crippen LogP contribution in [0.15, 0.2) is 46.9 Å². The van der Waals surface area contributed by atoms with Crippen LogP contribution in [0, 0.1) is 5.82 Å². The van der Waals surface area contributed by atoms with Gasteiger partial charge in [-0.2, -0.15) is 0 Å². The Kier molecular flexibility index (Phi) is 4.29. The highest BCUT2D eigenvalue weighted by atomic mass is 79.9. The highest BCUT2D eigenvalue weighted by Gasteiger charge is 2.22. The van der Waals surface area contributed by atoms with Crippen LogP contribution >= 0.6 is 27.5 Å². The van der Waals surface area contributed by atoms with Crippen molar-refractivity contribution in [3.63, 3.8) is 0 Å². The first kappa shape index (κ1) is 14.5. The maximum Gasteiger partial charge on any atom is 0.123 e. The van der Waals surface area contributed by atoms with Crippen molar-refractivity contribution in [3.8, 4) is 0 Å². The van der Waals surface area contributed by atoms with Gasteiger partial charge in [0.1, 0.15) is 5.82 Å². The van der Waals surface area contributed by atoms with Crippen molar-refractivity contribution in [1.82, 2.24) is 0 Å².